The molecule has 2 N–H and O–H groups in total. The predicted molar refractivity (Wildman–Crippen MR) is 79.5 cm³/mol. The number of rotatable bonds is 5. The van der Waals surface area contributed by atoms with Gasteiger partial charge < -0.3 is 10.5 Å². The molecule has 1 aromatic carbocycles. The molecule has 19 heavy (non-hydrogen) atoms. The van der Waals surface area contributed by atoms with Crippen molar-refractivity contribution in [3.63, 3.8) is 0 Å². The molecule has 0 spiro atoms. The standard InChI is InChI=1S/C15H23ClN2O/c1-2-14-11-19-9-8-18(14)7-6-15(17)12-4-3-5-13(16)10-12/h3-5,10,14-15H,2,6-9,11,17H2,1H3. The molecule has 3 nitrogen and oxygen atoms in total. The van der Waals surface area contributed by atoms with Crippen molar-refractivity contribution in [2.45, 2.75) is 31.8 Å². The number of morpholine rings is 1. The molecule has 106 valence electrons. The van der Waals surface area contributed by atoms with Crippen molar-refractivity contribution in [3.8, 4) is 0 Å². The Kier molecular flexibility index (Phi) is 5.64. The first-order chi connectivity index (χ1) is 9.20. The number of hydrogen-bond donors (Lipinski definition) is 1. The molecular formula is C15H23ClN2O. The fourth-order valence-electron chi connectivity index (χ4n) is 2.57. The average molecular weight is 283 g/mol. The topological polar surface area (TPSA) is 38.5 Å². The van der Waals surface area contributed by atoms with Crippen LogP contribution in [0, 0.1) is 0 Å². The van der Waals surface area contributed by atoms with Crippen LogP contribution in [0.4, 0.5) is 0 Å². The fourth-order valence-corrected chi connectivity index (χ4v) is 2.77. The molecule has 0 amide bonds. The number of benzene rings is 1. The van der Waals surface area contributed by atoms with Gasteiger partial charge in [0.05, 0.1) is 13.2 Å². The van der Waals surface area contributed by atoms with Crippen molar-refractivity contribution in [3.05, 3.63) is 34.9 Å². The number of nitrogens with zero attached hydrogens (tertiary/aromatic N) is 1. The van der Waals surface area contributed by atoms with E-state index >= 15 is 0 Å². The molecular weight excluding hydrogens is 260 g/mol. The molecule has 1 heterocycles. The highest BCUT2D eigenvalue weighted by Crippen LogP contribution is 2.20. The zero-order chi connectivity index (χ0) is 13.7. The zero-order valence-electron chi connectivity index (χ0n) is 11.5. The third-order valence-electron chi connectivity index (χ3n) is 3.82. The minimum atomic E-state index is 0.0547. The summed E-state index contributed by atoms with van der Waals surface area (Å²) in [7, 11) is 0. The lowest BCUT2D eigenvalue weighted by atomic mass is 10.0. The van der Waals surface area contributed by atoms with E-state index in [-0.39, 0.29) is 6.04 Å². The summed E-state index contributed by atoms with van der Waals surface area (Å²) in [5.74, 6) is 0. The summed E-state index contributed by atoms with van der Waals surface area (Å²) < 4.78 is 5.52. The molecule has 1 aliphatic rings. The SMILES string of the molecule is CCC1COCCN1CCC(N)c1cccc(Cl)c1. The van der Waals surface area contributed by atoms with Gasteiger partial charge in [-0.2, -0.15) is 0 Å². The highest BCUT2D eigenvalue weighted by molar-refractivity contribution is 6.30. The summed E-state index contributed by atoms with van der Waals surface area (Å²) in [6, 6.07) is 8.45. The van der Waals surface area contributed by atoms with Gasteiger partial charge in [-0.25, -0.2) is 0 Å². The van der Waals surface area contributed by atoms with Gasteiger partial charge in [-0.15, -0.1) is 0 Å². The van der Waals surface area contributed by atoms with Crippen molar-refractivity contribution < 1.29 is 4.74 Å². The van der Waals surface area contributed by atoms with Crippen molar-refractivity contribution in [2.24, 2.45) is 5.73 Å². The average Bonchev–Trinajstić information content (AvgIpc) is 2.45. The summed E-state index contributed by atoms with van der Waals surface area (Å²) in [6.07, 6.45) is 2.09. The van der Waals surface area contributed by atoms with E-state index in [0.29, 0.717) is 6.04 Å². The normalized spacial score (nSPS) is 22.4. The van der Waals surface area contributed by atoms with Gasteiger partial charge in [-0.1, -0.05) is 30.7 Å². The van der Waals surface area contributed by atoms with E-state index in [0.717, 1.165) is 49.7 Å². The Morgan fingerprint density at radius 3 is 3.11 bits per heavy atom. The zero-order valence-corrected chi connectivity index (χ0v) is 12.3. The molecule has 0 bridgehead atoms. The molecule has 0 aliphatic carbocycles. The van der Waals surface area contributed by atoms with E-state index in [4.69, 9.17) is 22.1 Å². The van der Waals surface area contributed by atoms with Crippen LogP contribution in [0.5, 0.6) is 0 Å². The van der Waals surface area contributed by atoms with Gasteiger partial charge in [0.15, 0.2) is 0 Å². The van der Waals surface area contributed by atoms with Crippen molar-refractivity contribution >= 4 is 11.6 Å². The maximum Gasteiger partial charge on any atom is 0.0622 e. The Morgan fingerprint density at radius 2 is 2.37 bits per heavy atom. The third kappa shape index (κ3) is 4.18. The molecule has 2 atom stereocenters. The number of nitrogens with two attached hydrogens (primary N) is 1. The van der Waals surface area contributed by atoms with Crippen LogP contribution in [0.25, 0.3) is 0 Å². The molecule has 1 aromatic rings. The van der Waals surface area contributed by atoms with Crippen molar-refractivity contribution in [2.75, 3.05) is 26.3 Å². The Morgan fingerprint density at radius 1 is 1.53 bits per heavy atom. The second-order valence-corrected chi connectivity index (χ2v) is 5.56. The summed E-state index contributed by atoms with van der Waals surface area (Å²) in [5.41, 5.74) is 7.37. The molecule has 1 saturated heterocycles. The van der Waals surface area contributed by atoms with Crippen LogP contribution in [0.2, 0.25) is 5.02 Å². The molecule has 2 rings (SSSR count). The lowest BCUT2D eigenvalue weighted by molar-refractivity contribution is -0.00964. The molecule has 0 aromatic heterocycles. The van der Waals surface area contributed by atoms with E-state index in [1.54, 1.807) is 0 Å². The van der Waals surface area contributed by atoms with E-state index < -0.39 is 0 Å². The lowest BCUT2D eigenvalue weighted by Gasteiger charge is -2.35. The van der Waals surface area contributed by atoms with Gasteiger partial charge >= 0.3 is 0 Å². The molecule has 2 unspecified atom stereocenters. The lowest BCUT2D eigenvalue weighted by Crippen LogP contribution is -2.45. The highest BCUT2D eigenvalue weighted by atomic mass is 35.5. The van der Waals surface area contributed by atoms with E-state index in [1.807, 2.05) is 24.3 Å². The van der Waals surface area contributed by atoms with Crippen LogP contribution in [0.1, 0.15) is 31.4 Å². The molecule has 1 aliphatic heterocycles. The molecule has 0 saturated carbocycles. The van der Waals surface area contributed by atoms with E-state index in [9.17, 15) is 0 Å². The third-order valence-corrected chi connectivity index (χ3v) is 4.06. The molecule has 4 heteroatoms. The quantitative estimate of drug-likeness (QED) is 0.902. The van der Waals surface area contributed by atoms with Crippen LogP contribution in [0.15, 0.2) is 24.3 Å². The van der Waals surface area contributed by atoms with Crippen LogP contribution < -0.4 is 5.73 Å². The Labute approximate surface area is 120 Å². The molecule has 1 fully saturated rings. The van der Waals surface area contributed by atoms with Crippen LogP contribution in [-0.4, -0.2) is 37.2 Å². The van der Waals surface area contributed by atoms with Gasteiger partial charge in [-0.3, -0.25) is 4.90 Å². The monoisotopic (exact) mass is 282 g/mol. The first kappa shape index (κ1) is 14.8. The van der Waals surface area contributed by atoms with Crippen LogP contribution in [0.3, 0.4) is 0 Å². The van der Waals surface area contributed by atoms with Crippen LogP contribution >= 0.6 is 11.6 Å². The van der Waals surface area contributed by atoms with Gasteiger partial charge in [0.1, 0.15) is 0 Å². The van der Waals surface area contributed by atoms with Gasteiger partial charge in [0.2, 0.25) is 0 Å². The number of hydrogen-bond acceptors (Lipinski definition) is 3. The maximum absolute atomic E-state index is 6.25. The minimum Gasteiger partial charge on any atom is -0.378 e. The van der Waals surface area contributed by atoms with E-state index in [1.165, 1.54) is 0 Å². The maximum atomic E-state index is 6.25. The smallest absolute Gasteiger partial charge is 0.0622 e. The summed E-state index contributed by atoms with van der Waals surface area (Å²) in [6.45, 7) is 5.94. The Bertz CT molecular complexity index is 399. The first-order valence-electron chi connectivity index (χ1n) is 7.03. The van der Waals surface area contributed by atoms with Gasteiger partial charge in [0.25, 0.3) is 0 Å². The number of ether oxygens (including phenoxy) is 1. The Hall–Kier alpha value is -0.610. The second kappa shape index (κ2) is 7.25. The number of halogens is 1. The minimum absolute atomic E-state index is 0.0547. The van der Waals surface area contributed by atoms with Crippen LogP contribution in [-0.2, 0) is 4.74 Å². The summed E-state index contributed by atoms with van der Waals surface area (Å²) in [4.78, 5) is 2.49. The predicted octanol–water partition coefficient (Wildman–Crippen LogP) is 2.84. The van der Waals surface area contributed by atoms with Gasteiger partial charge in [0, 0.05) is 30.2 Å². The first-order valence-corrected chi connectivity index (χ1v) is 7.41. The van der Waals surface area contributed by atoms with Crippen molar-refractivity contribution in [1.29, 1.82) is 0 Å². The van der Waals surface area contributed by atoms with Gasteiger partial charge in [-0.05, 0) is 30.5 Å². The molecule has 0 radical (unpaired) electrons. The summed E-state index contributed by atoms with van der Waals surface area (Å²) >= 11 is 6.00. The second-order valence-electron chi connectivity index (χ2n) is 5.12. The highest BCUT2D eigenvalue weighted by Gasteiger charge is 2.21. The Balaban J connectivity index is 1.87. The summed E-state index contributed by atoms with van der Waals surface area (Å²) in [5, 5.41) is 0.755. The largest absolute Gasteiger partial charge is 0.378 e. The van der Waals surface area contributed by atoms with E-state index in [2.05, 4.69) is 11.8 Å². The van der Waals surface area contributed by atoms with Crippen molar-refractivity contribution in [1.82, 2.24) is 4.90 Å². The fraction of sp³-hybridized carbons (Fsp3) is 0.600.